The summed E-state index contributed by atoms with van der Waals surface area (Å²) in [5.41, 5.74) is -0.0779. The number of benzene rings is 1. The van der Waals surface area contributed by atoms with Crippen molar-refractivity contribution >= 4 is 23.4 Å². The van der Waals surface area contributed by atoms with Gasteiger partial charge in [-0.2, -0.15) is 22.5 Å². The summed E-state index contributed by atoms with van der Waals surface area (Å²) in [6.45, 7) is 0. The molecule has 0 spiro atoms. The maximum atomic E-state index is 12.3. The Morgan fingerprint density at radius 1 is 1.32 bits per heavy atom. The third kappa shape index (κ3) is 2.99. The summed E-state index contributed by atoms with van der Waals surface area (Å²) >= 11 is 0.135. The van der Waals surface area contributed by atoms with Crippen LogP contribution in [-0.4, -0.2) is 20.4 Å². The van der Waals surface area contributed by atoms with Crippen LogP contribution in [0.15, 0.2) is 24.3 Å². The van der Waals surface area contributed by atoms with Crippen LogP contribution in [0.1, 0.15) is 15.4 Å². The van der Waals surface area contributed by atoms with Crippen LogP contribution < -0.4 is 5.32 Å². The van der Waals surface area contributed by atoms with Crippen molar-refractivity contribution in [3.05, 3.63) is 34.8 Å². The first-order valence-electron chi connectivity index (χ1n) is 4.88. The fraction of sp³-hybridized carbons (Fsp3) is 0.100. The van der Waals surface area contributed by atoms with E-state index >= 15 is 0 Å². The van der Waals surface area contributed by atoms with Crippen LogP contribution in [0.3, 0.4) is 0 Å². The number of halogens is 3. The maximum absolute atomic E-state index is 12.3. The fourth-order valence-electron chi connectivity index (χ4n) is 1.22. The van der Waals surface area contributed by atoms with E-state index in [-0.39, 0.29) is 22.8 Å². The highest BCUT2D eigenvalue weighted by Gasteiger charge is 2.35. The number of amides is 1. The Kier molecular flexibility index (Phi) is 3.38. The molecular formula is C10H6F3N3O2S. The topological polar surface area (TPSA) is 75.1 Å². The minimum atomic E-state index is -4.60. The number of carbonyl (C=O) groups is 1. The van der Waals surface area contributed by atoms with Gasteiger partial charge in [0.15, 0.2) is 0 Å². The predicted molar refractivity (Wildman–Crippen MR) is 61.0 cm³/mol. The molecule has 0 aliphatic carbocycles. The number of nitrogens with zero attached hydrogens (tertiary/aromatic N) is 2. The van der Waals surface area contributed by atoms with E-state index in [4.69, 9.17) is 0 Å². The van der Waals surface area contributed by atoms with Crippen molar-refractivity contribution in [2.45, 2.75) is 6.18 Å². The van der Waals surface area contributed by atoms with E-state index in [1.165, 1.54) is 24.3 Å². The number of hydrogen-bond donors (Lipinski definition) is 2. The number of nitrogens with one attached hydrogen (secondary N) is 1. The summed E-state index contributed by atoms with van der Waals surface area (Å²) in [5, 5.41) is 10.3. The van der Waals surface area contributed by atoms with Crippen LogP contribution in [0.5, 0.6) is 5.75 Å². The number of hydrogen-bond acceptors (Lipinski definition) is 5. The summed E-state index contributed by atoms with van der Waals surface area (Å²) in [6, 6.07) is 5.62. The summed E-state index contributed by atoms with van der Waals surface area (Å²) < 4.78 is 40.2. The zero-order valence-corrected chi connectivity index (χ0v) is 9.92. The lowest BCUT2D eigenvalue weighted by Crippen LogP contribution is -2.13. The van der Waals surface area contributed by atoms with Crippen molar-refractivity contribution in [3.63, 3.8) is 0 Å². The highest BCUT2D eigenvalue weighted by atomic mass is 32.1. The van der Waals surface area contributed by atoms with Crippen LogP contribution in [0.2, 0.25) is 0 Å². The van der Waals surface area contributed by atoms with Crippen LogP contribution >= 0.6 is 11.5 Å². The lowest BCUT2D eigenvalue weighted by atomic mass is 10.2. The molecule has 0 bridgehead atoms. The molecule has 100 valence electrons. The van der Waals surface area contributed by atoms with Gasteiger partial charge in [0, 0.05) is 0 Å². The Hall–Kier alpha value is -2.16. The molecule has 1 amide bonds. The summed E-state index contributed by atoms with van der Waals surface area (Å²) in [4.78, 5) is 14.8. The summed E-state index contributed by atoms with van der Waals surface area (Å²) in [7, 11) is 0. The summed E-state index contributed by atoms with van der Waals surface area (Å²) in [5.74, 6) is -1.53. The monoisotopic (exact) mass is 289 g/mol. The largest absolute Gasteiger partial charge is 0.507 e. The number of rotatable bonds is 2. The Balaban J connectivity index is 2.16. The lowest BCUT2D eigenvalue weighted by molar-refractivity contribution is -0.137. The van der Waals surface area contributed by atoms with Gasteiger partial charge >= 0.3 is 6.18 Å². The molecule has 0 saturated heterocycles. The van der Waals surface area contributed by atoms with Crippen molar-refractivity contribution in [2.75, 3.05) is 5.32 Å². The normalized spacial score (nSPS) is 11.3. The van der Waals surface area contributed by atoms with Crippen LogP contribution in [0, 0.1) is 0 Å². The van der Waals surface area contributed by atoms with Gasteiger partial charge in [0.25, 0.3) is 5.91 Å². The Bertz CT molecular complexity index is 612. The third-order valence-electron chi connectivity index (χ3n) is 2.04. The molecule has 0 saturated carbocycles. The second kappa shape index (κ2) is 4.84. The summed E-state index contributed by atoms with van der Waals surface area (Å²) in [6.07, 6.45) is -4.60. The number of alkyl halides is 3. The molecule has 2 aromatic rings. The number of carbonyl (C=O) groups excluding carboxylic acids is 1. The molecule has 0 atom stereocenters. The van der Waals surface area contributed by atoms with Gasteiger partial charge < -0.3 is 5.11 Å². The van der Waals surface area contributed by atoms with Gasteiger partial charge in [-0.1, -0.05) is 12.1 Å². The predicted octanol–water partition coefficient (Wildman–Crippen LogP) is 2.51. The van der Waals surface area contributed by atoms with E-state index in [9.17, 15) is 23.1 Å². The number of para-hydroxylation sites is 1. The van der Waals surface area contributed by atoms with E-state index in [0.717, 1.165) is 0 Å². The van der Waals surface area contributed by atoms with Crippen LogP contribution in [0.4, 0.5) is 19.1 Å². The second-order valence-corrected chi connectivity index (χ2v) is 4.14. The molecule has 9 heteroatoms. The molecule has 19 heavy (non-hydrogen) atoms. The smallest absolute Gasteiger partial charge is 0.444 e. The Morgan fingerprint density at radius 3 is 2.58 bits per heavy atom. The van der Waals surface area contributed by atoms with Gasteiger partial charge in [0.05, 0.1) is 5.56 Å². The minimum absolute atomic E-state index is 0.0779. The maximum Gasteiger partial charge on any atom is 0.444 e. The Morgan fingerprint density at radius 2 is 2.00 bits per heavy atom. The number of aromatic hydroxyl groups is 1. The average Bonchev–Trinajstić information content (AvgIpc) is 2.77. The molecule has 0 aliphatic heterocycles. The van der Waals surface area contributed by atoms with Gasteiger partial charge in [-0.25, -0.2) is 0 Å². The standard InChI is InChI=1S/C10H6F3N3O2S/c11-10(12,13)8-15-9(16-19-8)14-7(18)5-3-1-2-4-6(5)17/h1-4,17H,(H,14,16,18). The lowest BCUT2D eigenvalue weighted by Gasteiger charge is -2.03. The quantitative estimate of drug-likeness (QED) is 0.890. The van der Waals surface area contributed by atoms with E-state index < -0.39 is 23.0 Å². The van der Waals surface area contributed by atoms with Gasteiger partial charge in [-0.15, -0.1) is 0 Å². The van der Waals surface area contributed by atoms with Crippen LogP contribution in [-0.2, 0) is 6.18 Å². The zero-order valence-electron chi connectivity index (χ0n) is 9.10. The third-order valence-corrected chi connectivity index (χ3v) is 2.80. The van der Waals surface area contributed by atoms with E-state index in [0.29, 0.717) is 0 Å². The highest BCUT2D eigenvalue weighted by Crippen LogP contribution is 2.31. The first kappa shape index (κ1) is 13.3. The molecule has 0 radical (unpaired) electrons. The molecule has 1 aromatic carbocycles. The number of phenols is 1. The number of phenolic OH excluding ortho intramolecular Hbond substituents is 1. The molecule has 0 fully saturated rings. The van der Waals surface area contributed by atoms with Gasteiger partial charge in [-0.05, 0) is 23.7 Å². The van der Waals surface area contributed by atoms with Crippen molar-refractivity contribution in [3.8, 4) is 5.75 Å². The average molecular weight is 289 g/mol. The van der Waals surface area contributed by atoms with E-state index in [1.54, 1.807) is 0 Å². The number of anilines is 1. The Labute approximate surface area is 108 Å². The number of aromatic nitrogens is 2. The molecule has 2 N–H and O–H groups in total. The van der Waals surface area contributed by atoms with Gasteiger partial charge in [0.1, 0.15) is 5.75 Å². The van der Waals surface area contributed by atoms with E-state index in [2.05, 4.69) is 14.7 Å². The highest BCUT2D eigenvalue weighted by molar-refractivity contribution is 7.05. The van der Waals surface area contributed by atoms with Crippen LogP contribution in [0.25, 0.3) is 0 Å². The molecule has 0 aliphatic rings. The molecule has 1 heterocycles. The SMILES string of the molecule is O=C(Nc1nsc(C(F)(F)F)n1)c1ccccc1O. The van der Waals surface area contributed by atoms with Crippen molar-refractivity contribution in [2.24, 2.45) is 0 Å². The molecule has 5 nitrogen and oxygen atoms in total. The first-order valence-corrected chi connectivity index (χ1v) is 5.65. The van der Waals surface area contributed by atoms with E-state index in [1.807, 2.05) is 0 Å². The molecule has 0 unspecified atom stereocenters. The zero-order chi connectivity index (χ0) is 14.0. The second-order valence-electron chi connectivity index (χ2n) is 3.39. The molecule has 2 rings (SSSR count). The van der Waals surface area contributed by atoms with Crippen molar-refractivity contribution in [1.82, 2.24) is 9.36 Å². The molecular weight excluding hydrogens is 283 g/mol. The molecule has 1 aromatic heterocycles. The first-order chi connectivity index (χ1) is 8.88. The van der Waals surface area contributed by atoms with Gasteiger partial charge in [0.2, 0.25) is 11.0 Å². The fourth-order valence-corrected chi connectivity index (χ4v) is 1.71. The van der Waals surface area contributed by atoms with Crippen molar-refractivity contribution in [1.29, 1.82) is 0 Å². The minimum Gasteiger partial charge on any atom is -0.507 e. The van der Waals surface area contributed by atoms with Crippen molar-refractivity contribution < 1.29 is 23.1 Å². The van der Waals surface area contributed by atoms with Gasteiger partial charge in [-0.3, -0.25) is 10.1 Å².